The van der Waals surface area contributed by atoms with Gasteiger partial charge in [-0.05, 0) is 36.4 Å². The van der Waals surface area contributed by atoms with Crippen molar-refractivity contribution in [3.05, 3.63) is 53.6 Å². The van der Waals surface area contributed by atoms with E-state index in [-0.39, 0.29) is 5.91 Å². The van der Waals surface area contributed by atoms with Gasteiger partial charge in [-0.15, -0.1) is 0 Å². The van der Waals surface area contributed by atoms with Crippen molar-refractivity contribution in [3.63, 3.8) is 0 Å². The Bertz CT molecular complexity index is 903. The number of hydrogen-bond acceptors (Lipinski definition) is 5. The van der Waals surface area contributed by atoms with Crippen LogP contribution in [-0.2, 0) is 11.3 Å². The zero-order valence-corrected chi connectivity index (χ0v) is 18.6. The van der Waals surface area contributed by atoms with Gasteiger partial charge < -0.3 is 28.7 Å². The summed E-state index contributed by atoms with van der Waals surface area (Å²) in [5, 5.41) is 0. The largest absolute Gasteiger partial charge is 0.497 e. The summed E-state index contributed by atoms with van der Waals surface area (Å²) in [6.07, 6.45) is 3.36. The first-order valence-electron chi connectivity index (χ1n) is 10.3. The molecule has 0 atom stereocenters. The minimum Gasteiger partial charge on any atom is -0.497 e. The Hall–Kier alpha value is -3.19. The summed E-state index contributed by atoms with van der Waals surface area (Å²) in [5.74, 6) is 2.66. The smallest absolute Gasteiger partial charge is 0.246 e. The number of piperazine rings is 1. The molecule has 0 saturated carbocycles. The highest BCUT2D eigenvalue weighted by Crippen LogP contribution is 2.35. The number of nitrogens with zero attached hydrogens (tertiary/aromatic N) is 1. The second kappa shape index (κ2) is 10.7. The lowest BCUT2D eigenvalue weighted by Crippen LogP contribution is -3.13. The number of methoxy groups -OCH3 is 4. The normalized spacial score (nSPS) is 14.5. The fourth-order valence-corrected chi connectivity index (χ4v) is 3.70. The Kier molecular flexibility index (Phi) is 7.78. The first-order valence-corrected chi connectivity index (χ1v) is 10.3. The number of hydrogen-bond donors (Lipinski definition) is 1. The van der Waals surface area contributed by atoms with E-state index in [1.807, 2.05) is 17.0 Å². The van der Waals surface area contributed by atoms with E-state index in [4.69, 9.17) is 18.9 Å². The molecule has 7 nitrogen and oxygen atoms in total. The van der Waals surface area contributed by atoms with Crippen molar-refractivity contribution in [2.24, 2.45) is 0 Å². The van der Waals surface area contributed by atoms with Crippen LogP contribution < -0.4 is 23.8 Å². The highest BCUT2D eigenvalue weighted by molar-refractivity contribution is 5.92. The first-order chi connectivity index (χ1) is 15.1. The summed E-state index contributed by atoms with van der Waals surface area (Å²) >= 11 is 0. The van der Waals surface area contributed by atoms with Gasteiger partial charge in [0.05, 0.1) is 54.6 Å². The second-order valence-corrected chi connectivity index (χ2v) is 7.38. The summed E-state index contributed by atoms with van der Waals surface area (Å²) in [4.78, 5) is 16.1. The van der Waals surface area contributed by atoms with E-state index in [2.05, 4.69) is 12.1 Å². The molecule has 1 N–H and O–H groups in total. The molecule has 1 saturated heterocycles. The van der Waals surface area contributed by atoms with Crippen LogP contribution >= 0.6 is 0 Å². The van der Waals surface area contributed by atoms with E-state index in [9.17, 15) is 4.79 Å². The molecular formula is C24H31N2O5+. The van der Waals surface area contributed by atoms with Crippen LogP contribution in [-0.4, -0.2) is 65.4 Å². The summed E-state index contributed by atoms with van der Waals surface area (Å²) in [7, 11) is 6.42. The number of carbonyl (C=O) groups is 1. The van der Waals surface area contributed by atoms with Crippen molar-refractivity contribution in [2.75, 3.05) is 54.6 Å². The molecule has 0 bridgehead atoms. The number of carbonyl (C=O) groups excluding carboxylic acids is 1. The van der Waals surface area contributed by atoms with Crippen molar-refractivity contribution >= 4 is 12.0 Å². The minimum atomic E-state index is 0.000311. The predicted molar refractivity (Wildman–Crippen MR) is 119 cm³/mol. The number of rotatable bonds is 8. The average Bonchev–Trinajstić information content (AvgIpc) is 2.82. The Morgan fingerprint density at radius 1 is 0.903 bits per heavy atom. The van der Waals surface area contributed by atoms with E-state index < -0.39 is 0 Å². The Labute approximate surface area is 183 Å². The van der Waals surface area contributed by atoms with Gasteiger partial charge in [-0.2, -0.15) is 0 Å². The van der Waals surface area contributed by atoms with Crippen molar-refractivity contribution in [1.29, 1.82) is 0 Å². The Balaban J connectivity index is 1.57. The third-order valence-corrected chi connectivity index (χ3v) is 5.54. The molecule has 0 unspecified atom stereocenters. The van der Waals surface area contributed by atoms with Crippen LogP contribution in [0.25, 0.3) is 6.08 Å². The molecule has 1 fully saturated rings. The molecule has 2 aromatic carbocycles. The van der Waals surface area contributed by atoms with Gasteiger partial charge in [0.1, 0.15) is 18.0 Å². The maximum atomic E-state index is 12.7. The monoisotopic (exact) mass is 427 g/mol. The van der Waals surface area contributed by atoms with Gasteiger partial charge >= 0.3 is 0 Å². The molecule has 0 aliphatic carbocycles. The van der Waals surface area contributed by atoms with E-state index >= 15 is 0 Å². The van der Waals surface area contributed by atoms with Crippen molar-refractivity contribution in [2.45, 2.75) is 6.54 Å². The second-order valence-electron chi connectivity index (χ2n) is 7.38. The van der Waals surface area contributed by atoms with Crippen LogP contribution in [0.1, 0.15) is 11.1 Å². The molecular weight excluding hydrogens is 396 g/mol. The van der Waals surface area contributed by atoms with E-state index in [0.717, 1.165) is 44.0 Å². The van der Waals surface area contributed by atoms with E-state index in [1.54, 1.807) is 52.7 Å². The van der Waals surface area contributed by atoms with Gasteiger partial charge in [0.25, 0.3) is 0 Å². The highest BCUT2D eigenvalue weighted by Gasteiger charge is 2.22. The van der Waals surface area contributed by atoms with Gasteiger partial charge in [0.2, 0.25) is 5.91 Å². The third kappa shape index (κ3) is 5.70. The molecule has 1 amide bonds. The predicted octanol–water partition coefficient (Wildman–Crippen LogP) is 1.66. The lowest BCUT2D eigenvalue weighted by molar-refractivity contribution is -0.917. The fourth-order valence-electron chi connectivity index (χ4n) is 3.70. The molecule has 1 aliphatic rings. The Morgan fingerprint density at radius 3 is 2.10 bits per heavy atom. The van der Waals surface area contributed by atoms with Gasteiger partial charge in [-0.25, -0.2) is 0 Å². The zero-order chi connectivity index (χ0) is 22.2. The molecule has 0 radical (unpaired) electrons. The van der Waals surface area contributed by atoms with Crippen LogP contribution in [0.15, 0.2) is 42.5 Å². The quantitative estimate of drug-likeness (QED) is 0.650. The molecule has 0 aromatic heterocycles. The number of nitrogens with one attached hydrogen (secondary N) is 1. The zero-order valence-electron chi connectivity index (χ0n) is 18.6. The molecule has 31 heavy (non-hydrogen) atoms. The van der Waals surface area contributed by atoms with Gasteiger partial charge in [0, 0.05) is 23.3 Å². The van der Waals surface area contributed by atoms with Gasteiger partial charge in [-0.3, -0.25) is 4.79 Å². The first kappa shape index (κ1) is 22.5. The summed E-state index contributed by atoms with van der Waals surface area (Å²) in [6, 6.07) is 11.7. The lowest BCUT2D eigenvalue weighted by Gasteiger charge is -2.31. The van der Waals surface area contributed by atoms with Crippen LogP contribution in [0.4, 0.5) is 0 Å². The molecule has 2 aromatic rings. The third-order valence-electron chi connectivity index (χ3n) is 5.54. The molecule has 0 spiro atoms. The van der Waals surface area contributed by atoms with Crippen molar-refractivity contribution in [1.82, 2.24) is 4.90 Å². The fraction of sp³-hybridized carbons (Fsp3) is 0.375. The minimum absolute atomic E-state index is 0.000311. The summed E-state index contributed by atoms with van der Waals surface area (Å²) in [5.41, 5.74) is 2.04. The van der Waals surface area contributed by atoms with Crippen LogP contribution in [0, 0.1) is 0 Å². The van der Waals surface area contributed by atoms with E-state index in [0.29, 0.717) is 17.2 Å². The number of ether oxygens (including phenoxy) is 4. The number of amides is 1. The molecule has 7 heteroatoms. The summed E-state index contributed by atoms with van der Waals surface area (Å²) < 4.78 is 21.3. The standard InChI is InChI=1S/C24H30N2O5/c1-28-20-8-5-18(6-9-20)17-25-11-13-26(14-12-25)24(27)10-7-19-15-22(30-3)23(31-4)16-21(19)29-2/h5-10,15-16H,11-14,17H2,1-4H3/p+1/b10-7+. The topological polar surface area (TPSA) is 61.7 Å². The van der Waals surface area contributed by atoms with Crippen LogP contribution in [0.2, 0.25) is 0 Å². The molecule has 1 aliphatic heterocycles. The van der Waals surface area contributed by atoms with Crippen LogP contribution in [0.5, 0.6) is 23.0 Å². The van der Waals surface area contributed by atoms with Crippen molar-refractivity contribution in [3.8, 4) is 23.0 Å². The molecule has 1 heterocycles. The molecule has 3 rings (SSSR count). The van der Waals surface area contributed by atoms with Crippen molar-refractivity contribution < 1.29 is 28.6 Å². The van der Waals surface area contributed by atoms with Gasteiger partial charge in [0.15, 0.2) is 11.5 Å². The van der Waals surface area contributed by atoms with Gasteiger partial charge in [-0.1, -0.05) is 0 Å². The maximum absolute atomic E-state index is 12.7. The Morgan fingerprint density at radius 2 is 1.52 bits per heavy atom. The van der Waals surface area contributed by atoms with E-state index in [1.165, 1.54) is 10.5 Å². The SMILES string of the molecule is COc1ccc(C[NH+]2CCN(C(=O)/C=C/c3cc(OC)c(OC)cc3OC)CC2)cc1. The van der Waals surface area contributed by atoms with Crippen LogP contribution in [0.3, 0.4) is 0 Å². The highest BCUT2D eigenvalue weighted by atomic mass is 16.5. The maximum Gasteiger partial charge on any atom is 0.246 e. The molecule has 166 valence electrons. The number of benzene rings is 2. The lowest BCUT2D eigenvalue weighted by atomic mass is 10.1. The number of quaternary nitrogens is 1. The average molecular weight is 428 g/mol. The summed E-state index contributed by atoms with van der Waals surface area (Å²) in [6.45, 7) is 4.26.